The van der Waals surface area contributed by atoms with Gasteiger partial charge in [-0.1, -0.05) is 6.07 Å². The number of rotatable bonds is 6. The monoisotopic (exact) mass is 330 g/mol. The molecular formula is C18H19FN2O3. The van der Waals surface area contributed by atoms with E-state index in [4.69, 9.17) is 9.47 Å². The Morgan fingerprint density at radius 3 is 2.67 bits per heavy atom. The number of carbonyl (C=O) groups excluding carboxylic acids is 1. The zero-order valence-electron chi connectivity index (χ0n) is 13.4. The lowest BCUT2D eigenvalue weighted by molar-refractivity contribution is -0.118. The number of benzene rings is 2. The van der Waals surface area contributed by atoms with Gasteiger partial charge < -0.3 is 19.7 Å². The second kappa shape index (κ2) is 7.31. The molecule has 1 N–H and O–H groups in total. The average Bonchev–Trinajstić information content (AvgIpc) is 3.06. The standard InChI is InChI=1S/C18H19FN2O3/c1-20-9-8-18(22)21(15-5-3-14(19)4-6-15)11-13-2-7-16-17(10-13)24-12-23-16/h2-7,10,20H,8-9,11-12H2,1H3. The highest BCUT2D eigenvalue weighted by Gasteiger charge is 2.18. The minimum atomic E-state index is -0.329. The SMILES string of the molecule is CNCCC(=O)N(Cc1ccc2c(c1)OCO2)c1ccc(F)cc1. The summed E-state index contributed by atoms with van der Waals surface area (Å²) in [5.74, 6) is 1.01. The van der Waals surface area contributed by atoms with Crippen molar-refractivity contribution in [3.05, 3.63) is 53.8 Å². The fraction of sp³-hybridized carbons (Fsp3) is 0.278. The van der Waals surface area contributed by atoms with E-state index >= 15 is 0 Å². The molecule has 0 saturated carbocycles. The van der Waals surface area contributed by atoms with E-state index in [1.165, 1.54) is 12.1 Å². The minimum absolute atomic E-state index is 0.0337. The van der Waals surface area contributed by atoms with Crippen molar-refractivity contribution in [2.45, 2.75) is 13.0 Å². The van der Waals surface area contributed by atoms with Crippen LogP contribution in [-0.4, -0.2) is 26.3 Å². The normalized spacial score (nSPS) is 12.2. The van der Waals surface area contributed by atoms with Crippen LogP contribution in [0.5, 0.6) is 11.5 Å². The van der Waals surface area contributed by atoms with Crippen molar-refractivity contribution in [2.24, 2.45) is 0 Å². The van der Waals surface area contributed by atoms with Gasteiger partial charge in [0.25, 0.3) is 0 Å². The zero-order valence-corrected chi connectivity index (χ0v) is 13.4. The van der Waals surface area contributed by atoms with Crippen LogP contribution in [0.15, 0.2) is 42.5 Å². The molecule has 1 aliphatic heterocycles. The number of halogens is 1. The second-order valence-corrected chi connectivity index (χ2v) is 5.50. The minimum Gasteiger partial charge on any atom is -0.454 e. The van der Waals surface area contributed by atoms with Crippen molar-refractivity contribution < 1.29 is 18.7 Å². The van der Waals surface area contributed by atoms with Gasteiger partial charge in [-0.2, -0.15) is 0 Å². The first-order chi connectivity index (χ1) is 11.7. The first kappa shape index (κ1) is 16.3. The maximum Gasteiger partial charge on any atom is 0.231 e. The third kappa shape index (κ3) is 3.65. The van der Waals surface area contributed by atoms with E-state index in [2.05, 4.69) is 5.32 Å². The molecule has 5 nitrogen and oxygen atoms in total. The first-order valence-electron chi connectivity index (χ1n) is 7.76. The molecule has 0 unspecified atom stereocenters. The largest absolute Gasteiger partial charge is 0.454 e. The number of amides is 1. The maximum atomic E-state index is 13.2. The molecule has 0 saturated heterocycles. The molecule has 0 bridgehead atoms. The number of fused-ring (bicyclic) bond motifs is 1. The molecule has 0 atom stereocenters. The molecule has 0 aliphatic carbocycles. The van der Waals surface area contributed by atoms with Gasteiger partial charge in [-0.15, -0.1) is 0 Å². The van der Waals surface area contributed by atoms with E-state index in [1.807, 2.05) is 18.2 Å². The molecular weight excluding hydrogens is 311 g/mol. The van der Waals surface area contributed by atoms with E-state index in [9.17, 15) is 9.18 Å². The van der Waals surface area contributed by atoms with Gasteiger partial charge >= 0.3 is 0 Å². The Morgan fingerprint density at radius 1 is 1.17 bits per heavy atom. The van der Waals surface area contributed by atoms with Crippen LogP contribution in [0.3, 0.4) is 0 Å². The molecule has 1 heterocycles. The van der Waals surface area contributed by atoms with Gasteiger partial charge in [-0.3, -0.25) is 4.79 Å². The van der Waals surface area contributed by atoms with Gasteiger partial charge in [0, 0.05) is 18.7 Å². The summed E-state index contributed by atoms with van der Waals surface area (Å²) in [6, 6.07) is 11.5. The van der Waals surface area contributed by atoms with Crippen molar-refractivity contribution in [2.75, 3.05) is 25.3 Å². The van der Waals surface area contributed by atoms with Gasteiger partial charge in [-0.05, 0) is 49.0 Å². The molecule has 0 radical (unpaired) electrons. The van der Waals surface area contributed by atoms with E-state index < -0.39 is 0 Å². The highest BCUT2D eigenvalue weighted by molar-refractivity contribution is 5.93. The summed E-state index contributed by atoms with van der Waals surface area (Å²) in [5.41, 5.74) is 1.58. The van der Waals surface area contributed by atoms with E-state index in [0.29, 0.717) is 36.7 Å². The van der Waals surface area contributed by atoms with E-state index in [1.54, 1.807) is 24.1 Å². The lowest BCUT2D eigenvalue weighted by Crippen LogP contribution is -2.32. The number of ether oxygens (including phenoxy) is 2. The number of anilines is 1. The van der Waals surface area contributed by atoms with E-state index in [0.717, 1.165) is 5.56 Å². The molecule has 2 aromatic rings. The van der Waals surface area contributed by atoms with Gasteiger partial charge in [0.2, 0.25) is 12.7 Å². The Balaban J connectivity index is 1.83. The Kier molecular flexibility index (Phi) is 4.96. The molecule has 6 heteroatoms. The Labute approximate surface area is 140 Å². The fourth-order valence-corrected chi connectivity index (χ4v) is 2.53. The summed E-state index contributed by atoms with van der Waals surface area (Å²) in [6.07, 6.45) is 0.360. The summed E-state index contributed by atoms with van der Waals surface area (Å²) >= 11 is 0. The maximum absolute atomic E-state index is 13.2. The third-order valence-electron chi connectivity index (χ3n) is 3.81. The van der Waals surface area contributed by atoms with Crippen molar-refractivity contribution in [3.8, 4) is 11.5 Å². The van der Waals surface area contributed by atoms with Gasteiger partial charge in [0.05, 0.1) is 6.54 Å². The number of nitrogens with one attached hydrogen (secondary N) is 1. The molecule has 0 aromatic heterocycles. The second-order valence-electron chi connectivity index (χ2n) is 5.50. The predicted octanol–water partition coefficient (Wildman–Crippen LogP) is 2.70. The molecule has 0 spiro atoms. The topological polar surface area (TPSA) is 50.8 Å². The van der Waals surface area contributed by atoms with Gasteiger partial charge in [-0.25, -0.2) is 4.39 Å². The van der Waals surface area contributed by atoms with Crippen LogP contribution in [0.25, 0.3) is 0 Å². The van der Waals surface area contributed by atoms with E-state index in [-0.39, 0.29) is 18.5 Å². The van der Waals surface area contributed by atoms with Crippen LogP contribution in [0.1, 0.15) is 12.0 Å². The fourth-order valence-electron chi connectivity index (χ4n) is 2.53. The van der Waals surface area contributed by atoms with Crippen molar-refractivity contribution >= 4 is 11.6 Å². The molecule has 1 aliphatic rings. The van der Waals surface area contributed by atoms with Crippen LogP contribution >= 0.6 is 0 Å². The Bertz CT molecular complexity index is 719. The van der Waals surface area contributed by atoms with Crippen molar-refractivity contribution in [1.29, 1.82) is 0 Å². The lowest BCUT2D eigenvalue weighted by atomic mass is 10.1. The quantitative estimate of drug-likeness (QED) is 0.885. The van der Waals surface area contributed by atoms with Crippen LogP contribution < -0.4 is 19.7 Å². The highest BCUT2D eigenvalue weighted by atomic mass is 19.1. The molecule has 1 amide bonds. The Morgan fingerprint density at radius 2 is 1.92 bits per heavy atom. The molecule has 3 rings (SSSR count). The summed E-state index contributed by atoms with van der Waals surface area (Å²) < 4.78 is 23.9. The number of nitrogens with zero attached hydrogens (tertiary/aromatic N) is 1. The summed E-state index contributed by atoms with van der Waals surface area (Å²) in [6.45, 7) is 1.17. The Hall–Kier alpha value is -2.60. The summed E-state index contributed by atoms with van der Waals surface area (Å²) in [5, 5.41) is 2.97. The smallest absolute Gasteiger partial charge is 0.231 e. The zero-order chi connectivity index (χ0) is 16.9. The molecule has 24 heavy (non-hydrogen) atoms. The number of hydrogen-bond donors (Lipinski definition) is 1. The first-order valence-corrected chi connectivity index (χ1v) is 7.76. The molecule has 0 fully saturated rings. The van der Waals surface area contributed by atoms with Crippen LogP contribution in [0.2, 0.25) is 0 Å². The average molecular weight is 330 g/mol. The number of hydrogen-bond acceptors (Lipinski definition) is 4. The van der Waals surface area contributed by atoms with Crippen molar-refractivity contribution in [1.82, 2.24) is 5.32 Å². The van der Waals surface area contributed by atoms with Crippen LogP contribution in [-0.2, 0) is 11.3 Å². The van der Waals surface area contributed by atoms with Crippen molar-refractivity contribution in [3.63, 3.8) is 0 Å². The van der Waals surface area contributed by atoms with Crippen LogP contribution in [0, 0.1) is 5.82 Å². The van der Waals surface area contributed by atoms with Gasteiger partial charge in [0.1, 0.15) is 5.82 Å². The predicted molar refractivity (Wildman–Crippen MR) is 88.7 cm³/mol. The number of carbonyl (C=O) groups is 1. The highest BCUT2D eigenvalue weighted by Crippen LogP contribution is 2.33. The van der Waals surface area contributed by atoms with Gasteiger partial charge in [0.15, 0.2) is 11.5 Å². The molecule has 2 aromatic carbocycles. The lowest BCUT2D eigenvalue weighted by Gasteiger charge is -2.23. The van der Waals surface area contributed by atoms with Crippen LogP contribution in [0.4, 0.5) is 10.1 Å². The summed E-state index contributed by atoms with van der Waals surface area (Å²) in [4.78, 5) is 14.2. The third-order valence-corrected chi connectivity index (χ3v) is 3.81. The molecule has 126 valence electrons. The summed E-state index contributed by atoms with van der Waals surface area (Å²) in [7, 11) is 1.80.